The molecular formula is C21H26NO3+. The van der Waals surface area contributed by atoms with Gasteiger partial charge in [0.2, 0.25) is 0 Å². The summed E-state index contributed by atoms with van der Waals surface area (Å²) < 4.78 is 5.23. The van der Waals surface area contributed by atoms with Crippen molar-refractivity contribution in [1.82, 2.24) is 0 Å². The summed E-state index contributed by atoms with van der Waals surface area (Å²) in [4.78, 5) is 11.8. The molecule has 3 N–H and O–H groups in total. The van der Waals surface area contributed by atoms with Crippen LogP contribution in [0.5, 0.6) is 5.75 Å². The molecule has 4 aliphatic carbocycles. The first kappa shape index (κ1) is 15.4. The lowest BCUT2D eigenvalue weighted by Gasteiger charge is -2.56. The molecule has 4 fully saturated rings. The maximum Gasteiger partial charge on any atom is 0.336 e. The van der Waals surface area contributed by atoms with E-state index >= 15 is 0 Å². The average Bonchev–Trinajstić information content (AvgIpc) is 2.52. The first-order valence-electron chi connectivity index (χ1n) is 9.66. The summed E-state index contributed by atoms with van der Waals surface area (Å²) in [7, 11) is 0. The molecule has 1 aromatic carbocycles. The lowest BCUT2D eigenvalue weighted by molar-refractivity contribution is -0.684. The summed E-state index contributed by atoms with van der Waals surface area (Å²) in [6.07, 6.45) is 8.69. The quantitative estimate of drug-likeness (QED) is 0.841. The van der Waals surface area contributed by atoms with Gasteiger partial charge in [0, 0.05) is 28.5 Å². The Balaban J connectivity index is 1.34. The third-order valence-electron chi connectivity index (χ3n) is 6.92. The number of nitrogens with two attached hydrogens (primary N) is 1. The Morgan fingerprint density at radius 3 is 2.44 bits per heavy atom. The number of hydrogen-bond acceptors (Lipinski definition) is 3. The molecule has 4 nitrogen and oxygen atoms in total. The van der Waals surface area contributed by atoms with Crippen molar-refractivity contribution in [3.05, 3.63) is 40.2 Å². The summed E-state index contributed by atoms with van der Waals surface area (Å²) in [5, 5.41) is 12.9. The average molecular weight is 340 g/mol. The van der Waals surface area contributed by atoms with Gasteiger partial charge >= 0.3 is 5.63 Å². The molecule has 0 amide bonds. The molecule has 4 bridgehead atoms. The summed E-state index contributed by atoms with van der Waals surface area (Å²) in [6.45, 7) is 1.98. The second kappa shape index (κ2) is 5.60. The Hall–Kier alpha value is -1.81. The van der Waals surface area contributed by atoms with Gasteiger partial charge < -0.3 is 14.8 Å². The summed E-state index contributed by atoms with van der Waals surface area (Å²) in [5.41, 5.74) is 1.69. The Bertz CT molecular complexity index is 834. The normalized spacial score (nSPS) is 33.2. The Morgan fingerprint density at radius 1 is 1.08 bits per heavy atom. The molecule has 132 valence electrons. The monoisotopic (exact) mass is 340 g/mol. The second-order valence-electron chi connectivity index (χ2n) is 8.89. The van der Waals surface area contributed by atoms with Crippen molar-refractivity contribution in [2.24, 2.45) is 23.2 Å². The van der Waals surface area contributed by atoms with Crippen LogP contribution in [-0.4, -0.2) is 11.7 Å². The molecule has 0 saturated heterocycles. The van der Waals surface area contributed by atoms with E-state index in [2.05, 4.69) is 5.32 Å². The molecule has 1 aromatic heterocycles. The van der Waals surface area contributed by atoms with Crippen molar-refractivity contribution in [3.63, 3.8) is 0 Å². The molecule has 1 heterocycles. The minimum atomic E-state index is -0.337. The third-order valence-corrected chi connectivity index (χ3v) is 6.92. The zero-order valence-corrected chi connectivity index (χ0v) is 14.5. The largest absolute Gasteiger partial charge is 0.508 e. The van der Waals surface area contributed by atoms with E-state index in [0.29, 0.717) is 11.0 Å². The molecule has 0 unspecified atom stereocenters. The first-order valence-corrected chi connectivity index (χ1v) is 9.66. The van der Waals surface area contributed by atoms with Crippen LogP contribution >= 0.6 is 0 Å². The highest BCUT2D eigenvalue weighted by atomic mass is 16.4. The van der Waals surface area contributed by atoms with Gasteiger partial charge in [-0.3, -0.25) is 0 Å². The topological polar surface area (TPSA) is 67.0 Å². The Labute approximate surface area is 147 Å². The molecule has 4 saturated carbocycles. The minimum absolute atomic E-state index is 0.130. The van der Waals surface area contributed by atoms with Gasteiger partial charge in [0.1, 0.15) is 17.9 Å². The molecule has 6 rings (SSSR count). The van der Waals surface area contributed by atoms with Gasteiger partial charge in [-0.25, -0.2) is 4.79 Å². The van der Waals surface area contributed by atoms with Gasteiger partial charge in [-0.2, -0.15) is 0 Å². The smallest absolute Gasteiger partial charge is 0.336 e. The summed E-state index contributed by atoms with van der Waals surface area (Å²) >= 11 is 0. The van der Waals surface area contributed by atoms with Crippen molar-refractivity contribution >= 4 is 11.0 Å². The van der Waals surface area contributed by atoms with E-state index in [1.54, 1.807) is 12.1 Å². The number of aromatic hydroxyl groups is 1. The number of quaternary nitrogens is 1. The predicted octanol–water partition coefficient (Wildman–Crippen LogP) is 2.78. The van der Waals surface area contributed by atoms with Crippen molar-refractivity contribution < 1.29 is 14.8 Å². The van der Waals surface area contributed by atoms with E-state index in [0.717, 1.165) is 35.2 Å². The molecule has 0 atom stereocenters. The Kier molecular flexibility index (Phi) is 3.46. The van der Waals surface area contributed by atoms with Crippen molar-refractivity contribution in [1.29, 1.82) is 0 Å². The van der Waals surface area contributed by atoms with Crippen molar-refractivity contribution in [2.75, 3.05) is 6.54 Å². The van der Waals surface area contributed by atoms with Crippen LogP contribution in [0.4, 0.5) is 0 Å². The molecule has 0 spiro atoms. The fourth-order valence-corrected chi connectivity index (χ4v) is 6.46. The van der Waals surface area contributed by atoms with Gasteiger partial charge in [-0.05, 0) is 68.4 Å². The number of phenols is 1. The number of hydrogen-bond donors (Lipinski definition) is 2. The maximum absolute atomic E-state index is 11.8. The van der Waals surface area contributed by atoms with Gasteiger partial charge in [0.05, 0.1) is 6.54 Å². The molecular weight excluding hydrogens is 314 g/mol. The van der Waals surface area contributed by atoms with Crippen LogP contribution in [0.15, 0.2) is 33.5 Å². The third kappa shape index (κ3) is 2.77. The van der Waals surface area contributed by atoms with Crippen LogP contribution in [0.3, 0.4) is 0 Å². The predicted molar refractivity (Wildman–Crippen MR) is 95.3 cm³/mol. The fourth-order valence-electron chi connectivity index (χ4n) is 6.46. The molecule has 25 heavy (non-hydrogen) atoms. The van der Waals surface area contributed by atoms with Crippen molar-refractivity contribution in [2.45, 2.75) is 45.1 Å². The van der Waals surface area contributed by atoms with Crippen LogP contribution in [0, 0.1) is 23.2 Å². The highest BCUT2D eigenvalue weighted by Crippen LogP contribution is 2.59. The maximum atomic E-state index is 11.8. The van der Waals surface area contributed by atoms with Crippen LogP contribution in [0.2, 0.25) is 0 Å². The van der Waals surface area contributed by atoms with E-state index in [4.69, 9.17) is 4.42 Å². The number of rotatable bonds is 4. The van der Waals surface area contributed by atoms with E-state index in [1.807, 2.05) is 6.07 Å². The number of phenolic OH excluding ortho intramolecular Hbond substituents is 1. The molecule has 4 heteroatoms. The van der Waals surface area contributed by atoms with Crippen LogP contribution in [-0.2, 0) is 6.54 Å². The van der Waals surface area contributed by atoms with Crippen LogP contribution in [0.1, 0.15) is 44.1 Å². The van der Waals surface area contributed by atoms with Gasteiger partial charge in [0.15, 0.2) is 0 Å². The molecule has 0 aliphatic heterocycles. The second-order valence-corrected chi connectivity index (χ2v) is 8.89. The van der Waals surface area contributed by atoms with E-state index in [1.165, 1.54) is 51.1 Å². The van der Waals surface area contributed by atoms with Gasteiger partial charge in [0.25, 0.3) is 0 Å². The zero-order valence-electron chi connectivity index (χ0n) is 14.5. The molecule has 2 aromatic rings. The van der Waals surface area contributed by atoms with E-state index in [9.17, 15) is 9.90 Å². The Morgan fingerprint density at radius 2 is 1.76 bits per heavy atom. The zero-order chi connectivity index (χ0) is 17.0. The standard InChI is InChI=1S/C21H25NO3/c23-17-1-2-18-16(6-20(24)25-19(18)7-17)11-22-12-21-8-13-3-14(9-21)5-15(4-13)10-21/h1-2,6-7,13-15,22-23H,3-5,8-12H2/p+1. The molecule has 4 aliphatic rings. The first-order chi connectivity index (χ1) is 12.1. The molecule has 0 radical (unpaired) electrons. The van der Waals surface area contributed by atoms with Crippen LogP contribution in [0.25, 0.3) is 11.0 Å². The fraction of sp³-hybridized carbons (Fsp3) is 0.571. The van der Waals surface area contributed by atoms with Gasteiger partial charge in [-0.15, -0.1) is 0 Å². The lowest BCUT2D eigenvalue weighted by atomic mass is 9.49. The summed E-state index contributed by atoms with van der Waals surface area (Å²) in [5.74, 6) is 3.07. The van der Waals surface area contributed by atoms with Gasteiger partial charge in [-0.1, -0.05) is 0 Å². The SMILES string of the molecule is O=c1cc(C[NH2+]CC23CC4CC(CC(C4)C2)C3)c2ccc(O)cc2o1. The summed E-state index contributed by atoms with van der Waals surface area (Å²) in [6, 6.07) is 6.64. The lowest BCUT2D eigenvalue weighted by Crippen LogP contribution is -2.86. The van der Waals surface area contributed by atoms with Crippen LogP contribution < -0.4 is 10.9 Å². The van der Waals surface area contributed by atoms with Crippen molar-refractivity contribution in [3.8, 4) is 5.75 Å². The highest BCUT2D eigenvalue weighted by molar-refractivity contribution is 5.81. The van der Waals surface area contributed by atoms with E-state index in [-0.39, 0.29) is 11.4 Å². The highest BCUT2D eigenvalue weighted by Gasteiger charge is 2.51. The minimum Gasteiger partial charge on any atom is -0.508 e. The number of fused-ring (bicyclic) bond motifs is 1. The van der Waals surface area contributed by atoms with E-state index < -0.39 is 0 Å². The number of benzene rings is 1.